The number of nitrogens with zero attached hydrogens (tertiary/aromatic N) is 1. The highest BCUT2D eigenvalue weighted by atomic mass is 16.7. The van der Waals surface area contributed by atoms with Crippen molar-refractivity contribution in [3.63, 3.8) is 0 Å². The van der Waals surface area contributed by atoms with Crippen molar-refractivity contribution in [2.75, 3.05) is 14.2 Å². The maximum absolute atomic E-state index is 14.1. The lowest BCUT2D eigenvalue weighted by atomic mass is 9.73. The molecule has 0 aliphatic carbocycles. The van der Waals surface area contributed by atoms with Gasteiger partial charge in [-0.2, -0.15) is 0 Å². The Balaban J connectivity index is 2.20. The molecule has 290 valence electrons. The zero-order valence-electron chi connectivity index (χ0n) is 31.8. The van der Waals surface area contributed by atoms with E-state index in [2.05, 4.69) is 5.16 Å². The first kappa shape index (κ1) is 42.7. The van der Waals surface area contributed by atoms with Crippen LogP contribution in [-0.4, -0.2) is 130 Å². The summed E-state index contributed by atoms with van der Waals surface area (Å²) in [5.74, 6) is -3.89. The van der Waals surface area contributed by atoms with Crippen molar-refractivity contribution in [3.05, 3.63) is 12.2 Å². The number of cyclic esters (lactones) is 1. The minimum absolute atomic E-state index is 0.0191. The molecule has 5 N–H and O–H groups in total. The van der Waals surface area contributed by atoms with E-state index in [-0.39, 0.29) is 25.4 Å². The van der Waals surface area contributed by atoms with Crippen molar-refractivity contribution in [2.24, 2.45) is 28.8 Å². The highest BCUT2D eigenvalue weighted by molar-refractivity contribution is 5.88. The Labute approximate surface area is 297 Å². The van der Waals surface area contributed by atoms with Gasteiger partial charge in [0.1, 0.15) is 31.0 Å². The summed E-state index contributed by atoms with van der Waals surface area (Å²) >= 11 is 0. The molecule has 3 heterocycles. The average Bonchev–Trinajstić information content (AvgIpc) is 3.05. The normalized spacial score (nSPS) is 49.3. The van der Waals surface area contributed by atoms with Crippen molar-refractivity contribution < 1.29 is 63.6 Å². The van der Waals surface area contributed by atoms with Crippen LogP contribution in [0.1, 0.15) is 88.5 Å². The van der Waals surface area contributed by atoms with Crippen LogP contribution in [0.5, 0.6) is 0 Å². The molecule has 0 saturated carbocycles. The Bertz CT molecular complexity index is 1180. The van der Waals surface area contributed by atoms with Crippen LogP contribution in [-0.2, 0) is 38.1 Å². The van der Waals surface area contributed by atoms with Crippen molar-refractivity contribution in [1.82, 2.24) is 0 Å². The summed E-state index contributed by atoms with van der Waals surface area (Å²) in [6.07, 6.45) is -6.52. The van der Waals surface area contributed by atoms with Crippen LogP contribution in [0.15, 0.2) is 17.3 Å². The Morgan fingerprint density at radius 3 is 2.12 bits per heavy atom. The Morgan fingerprint density at radius 1 is 0.900 bits per heavy atom. The third-order valence-electron chi connectivity index (χ3n) is 11.0. The standard InChI is InChI=1S/C36H63NO13/c1-13-25-36(10,43)29(39)20(4)27(37-45-12)18(2)16-34(8,42)31(50-33-24(38)15-14-19(3)46-33)21(5)28(22(6)32(41)48-25)49-26-17-35(9,44-11)30(40)23(7)47-26/h14-15,18-26,28-31,33,38-40,42-43H,13,16-17H2,1-12H3/t18-,19-,20+,21+,22-,23+,24-,25-,26?,28+,29-,30+,31-,33?,34+,35-,36-/m1/s1. The molecule has 2 unspecified atom stereocenters. The molecular weight excluding hydrogens is 654 g/mol. The topological polar surface area (TPSA) is 195 Å². The maximum Gasteiger partial charge on any atom is 0.311 e. The molecule has 0 radical (unpaired) electrons. The van der Waals surface area contributed by atoms with Gasteiger partial charge in [0, 0.05) is 31.3 Å². The molecule has 2 saturated heterocycles. The van der Waals surface area contributed by atoms with Crippen LogP contribution in [0, 0.1) is 23.7 Å². The summed E-state index contributed by atoms with van der Waals surface area (Å²) in [7, 11) is 2.86. The van der Waals surface area contributed by atoms with E-state index in [9.17, 15) is 30.3 Å². The second kappa shape index (κ2) is 17.0. The van der Waals surface area contributed by atoms with Crippen molar-refractivity contribution >= 4 is 11.7 Å². The summed E-state index contributed by atoms with van der Waals surface area (Å²) in [5, 5.41) is 61.7. The van der Waals surface area contributed by atoms with Crippen LogP contribution in [0.4, 0.5) is 0 Å². The van der Waals surface area contributed by atoms with Gasteiger partial charge >= 0.3 is 5.97 Å². The van der Waals surface area contributed by atoms with E-state index in [0.717, 1.165) is 0 Å². The lowest BCUT2D eigenvalue weighted by Gasteiger charge is -2.48. The molecule has 3 aliphatic rings. The average molecular weight is 718 g/mol. The maximum atomic E-state index is 14.1. The van der Waals surface area contributed by atoms with E-state index in [1.807, 2.05) is 6.92 Å². The second-order valence-electron chi connectivity index (χ2n) is 15.3. The van der Waals surface area contributed by atoms with Gasteiger partial charge in [0.05, 0.1) is 53.4 Å². The van der Waals surface area contributed by atoms with E-state index in [1.165, 1.54) is 21.1 Å². The van der Waals surface area contributed by atoms with Crippen molar-refractivity contribution in [2.45, 2.75) is 167 Å². The molecule has 0 aromatic carbocycles. The Morgan fingerprint density at radius 2 is 1.54 bits per heavy atom. The number of methoxy groups -OCH3 is 1. The van der Waals surface area contributed by atoms with Crippen LogP contribution < -0.4 is 0 Å². The first-order valence-electron chi connectivity index (χ1n) is 17.8. The summed E-state index contributed by atoms with van der Waals surface area (Å²) in [4.78, 5) is 19.3. The van der Waals surface area contributed by atoms with E-state index >= 15 is 0 Å². The largest absolute Gasteiger partial charge is 0.459 e. The molecule has 17 atom stereocenters. The number of esters is 1. The van der Waals surface area contributed by atoms with Crippen LogP contribution in [0.2, 0.25) is 0 Å². The van der Waals surface area contributed by atoms with Gasteiger partial charge in [-0.05, 0) is 54.4 Å². The van der Waals surface area contributed by atoms with Gasteiger partial charge in [0.25, 0.3) is 0 Å². The monoisotopic (exact) mass is 717 g/mol. The fourth-order valence-corrected chi connectivity index (χ4v) is 7.86. The van der Waals surface area contributed by atoms with Crippen molar-refractivity contribution in [1.29, 1.82) is 0 Å². The van der Waals surface area contributed by atoms with Crippen LogP contribution in [0.3, 0.4) is 0 Å². The molecule has 0 aromatic heterocycles. The van der Waals surface area contributed by atoms with E-state index in [1.54, 1.807) is 67.5 Å². The molecule has 3 aliphatic heterocycles. The number of oxime groups is 1. The first-order valence-corrected chi connectivity index (χ1v) is 17.8. The highest BCUT2D eigenvalue weighted by Gasteiger charge is 2.52. The molecule has 3 rings (SSSR count). The molecule has 0 aromatic rings. The zero-order chi connectivity index (χ0) is 37.9. The highest BCUT2D eigenvalue weighted by Crippen LogP contribution is 2.40. The third kappa shape index (κ3) is 9.25. The SMILES string of the molecule is CC[C@H]1OC(=O)[C@H](C)[C@@H](OC2C[C@@](C)(OC)[C@@H](O)[C@H](C)O2)[C@H](C)[C@@H](OC2O[C@H](C)C=C[C@H]2O)[C@@](C)(O)C[C@@H](C)C(=NOC)[C@H](C)[C@@H](O)[C@]1(C)O. The van der Waals surface area contributed by atoms with Gasteiger partial charge in [0.2, 0.25) is 0 Å². The zero-order valence-corrected chi connectivity index (χ0v) is 31.8. The molecule has 0 amide bonds. The predicted molar refractivity (Wildman–Crippen MR) is 183 cm³/mol. The van der Waals surface area contributed by atoms with Gasteiger partial charge < -0.3 is 58.8 Å². The van der Waals surface area contributed by atoms with Crippen LogP contribution >= 0.6 is 0 Å². The summed E-state index contributed by atoms with van der Waals surface area (Å²) < 4.78 is 36.8. The van der Waals surface area contributed by atoms with E-state index < -0.39 is 102 Å². The van der Waals surface area contributed by atoms with E-state index in [0.29, 0.717) is 5.71 Å². The predicted octanol–water partition coefficient (Wildman–Crippen LogP) is 2.45. The summed E-state index contributed by atoms with van der Waals surface area (Å²) in [6, 6.07) is 0. The first-order chi connectivity index (χ1) is 23.1. The van der Waals surface area contributed by atoms with E-state index in [4.69, 9.17) is 33.3 Å². The van der Waals surface area contributed by atoms with Crippen LogP contribution in [0.25, 0.3) is 0 Å². The number of aliphatic hydroxyl groups is 5. The number of hydrogen-bond donors (Lipinski definition) is 5. The smallest absolute Gasteiger partial charge is 0.311 e. The fraction of sp³-hybridized carbons (Fsp3) is 0.889. The third-order valence-corrected chi connectivity index (χ3v) is 11.0. The number of carbonyl (C=O) groups excluding carboxylic acids is 1. The molecule has 50 heavy (non-hydrogen) atoms. The lowest BCUT2D eigenvalue weighted by molar-refractivity contribution is -0.309. The number of hydrogen-bond acceptors (Lipinski definition) is 14. The fourth-order valence-electron chi connectivity index (χ4n) is 7.86. The van der Waals surface area contributed by atoms with Gasteiger partial charge in [0.15, 0.2) is 12.6 Å². The van der Waals surface area contributed by atoms with Gasteiger partial charge in [-0.1, -0.05) is 45.0 Å². The van der Waals surface area contributed by atoms with Gasteiger partial charge in [-0.3, -0.25) is 4.79 Å². The Hall–Kier alpha value is -1.72. The van der Waals surface area contributed by atoms with Gasteiger partial charge in [-0.25, -0.2) is 0 Å². The minimum atomic E-state index is -1.91. The number of carbonyl (C=O) groups is 1. The lowest BCUT2D eigenvalue weighted by Crippen LogP contribution is -2.60. The molecule has 0 spiro atoms. The quantitative estimate of drug-likeness (QED) is 0.147. The Kier molecular flexibility index (Phi) is 14.5. The summed E-state index contributed by atoms with van der Waals surface area (Å²) in [5.41, 5.74) is -4.28. The number of ether oxygens (including phenoxy) is 6. The number of rotatable bonds is 7. The molecule has 14 heteroatoms. The molecule has 0 bridgehead atoms. The van der Waals surface area contributed by atoms with Crippen molar-refractivity contribution in [3.8, 4) is 0 Å². The molecule has 2 fully saturated rings. The summed E-state index contributed by atoms with van der Waals surface area (Å²) in [6.45, 7) is 16.8. The number of aliphatic hydroxyl groups excluding tert-OH is 3. The second-order valence-corrected chi connectivity index (χ2v) is 15.3. The minimum Gasteiger partial charge on any atom is -0.459 e. The molecule has 14 nitrogen and oxygen atoms in total. The van der Waals surface area contributed by atoms with Gasteiger partial charge in [-0.15, -0.1) is 0 Å². The molecular formula is C36H63NO13.